The summed E-state index contributed by atoms with van der Waals surface area (Å²) in [4.78, 5) is 14.6. The molecule has 1 aliphatic rings. The fraction of sp³-hybridized carbons (Fsp3) is 0.650. The van der Waals surface area contributed by atoms with Crippen molar-refractivity contribution < 1.29 is 18.0 Å². The number of alkyl halides is 3. The number of amides is 1. The van der Waals surface area contributed by atoms with Gasteiger partial charge in [-0.25, -0.2) is 0 Å². The minimum Gasteiger partial charge on any atom is -0.355 e. The Morgan fingerprint density at radius 3 is 2.31 bits per heavy atom. The van der Waals surface area contributed by atoms with Crippen molar-refractivity contribution in [3.05, 3.63) is 35.4 Å². The zero-order valence-corrected chi connectivity index (χ0v) is 15.8. The number of rotatable bonds is 6. The van der Waals surface area contributed by atoms with Crippen LogP contribution < -0.4 is 5.32 Å². The molecule has 0 unspecified atom stereocenters. The Morgan fingerprint density at radius 2 is 1.77 bits per heavy atom. The summed E-state index contributed by atoms with van der Waals surface area (Å²) < 4.78 is 37.8. The van der Waals surface area contributed by atoms with E-state index in [0.29, 0.717) is 12.6 Å². The van der Waals surface area contributed by atoms with E-state index in [1.807, 2.05) is 6.92 Å². The van der Waals surface area contributed by atoms with Crippen molar-refractivity contribution in [3.8, 4) is 0 Å². The molecule has 26 heavy (non-hydrogen) atoms. The zero-order chi connectivity index (χ0) is 19.3. The number of benzene rings is 1. The molecule has 0 radical (unpaired) electrons. The Balaban J connectivity index is 1.78. The number of nitrogens with one attached hydrogen (secondary N) is 1. The Bertz CT molecular complexity index is 578. The summed E-state index contributed by atoms with van der Waals surface area (Å²) in [6, 6.07) is 5.36. The lowest BCUT2D eigenvalue weighted by Crippen LogP contribution is -2.45. The van der Waals surface area contributed by atoms with Crippen LogP contribution in [0.5, 0.6) is 0 Å². The second-order valence-electron chi connectivity index (χ2n) is 7.60. The molecule has 0 bridgehead atoms. The summed E-state index contributed by atoms with van der Waals surface area (Å²) in [6.07, 6.45) is -1.66. The van der Waals surface area contributed by atoms with Crippen LogP contribution in [0.3, 0.4) is 0 Å². The third-order valence-corrected chi connectivity index (χ3v) is 5.33. The molecular weight excluding hydrogens is 341 g/mol. The van der Waals surface area contributed by atoms with E-state index in [-0.39, 0.29) is 18.2 Å². The fourth-order valence-electron chi connectivity index (χ4n) is 3.33. The summed E-state index contributed by atoms with van der Waals surface area (Å²) >= 11 is 0. The molecule has 0 spiro atoms. The van der Waals surface area contributed by atoms with E-state index >= 15 is 0 Å². The molecular formula is C20H29F3N2O. The normalized spacial score (nSPS) is 19.2. The molecule has 1 amide bonds. The number of hydrogen-bond donors (Lipinski definition) is 1. The minimum absolute atomic E-state index is 0.0605. The smallest absolute Gasteiger partial charge is 0.355 e. The molecule has 3 nitrogen and oxygen atoms in total. The van der Waals surface area contributed by atoms with Gasteiger partial charge in [0.1, 0.15) is 0 Å². The van der Waals surface area contributed by atoms with Crippen LogP contribution in [-0.2, 0) is 11.0 Å². The molecule has 1 aromatic rings. The van der Waals surface area contributed by atoms with Gasteiger partial charge in [-0.1, -0.05) is 26.0 Å². The first-order chi connectivity index (χ1) is 12.2. The van der Waals surface area contributed by atoms with Crippen LogP contribution in [0.25, 0.3) is 0 Å². The van der Waals surface area contributed by atoms with Gasteiger partial charge in [-0.3, -0.25) is 9.69 Å². The first-order valence-electron chi connectivity index (χ1n) is 9.34. The van der Waals surface area contributed by atoms with E-state index in [2.05, 4.69) is 24.1 Å². The first kappa shape index (κ1) is 20.7. The molecule has 0 aliphatic carbocycles. The number of hydrogen-bond acceptors (Lipinski definition) is 2. The summed E-state index contributed by atoms with van der Waals surface area (Å²) in [6.45, 7) is 8.99. The average Bonchev–Trinajstić information content (AvgIpc) is 2.59. The van der Waals surface area contributed by atoms with Gasteiger partial charge in [-0.2, -0.15) is 13.2 Å². The van der Waals surface area contributed by atoms with Crippen LogP contribution in [0, 0.1) is 5.92 Å². The molecule has 146 valence electrons. The molecule has 1 aromatic carbocycles. The van der Waals surface area contributed by atoms with Crippen molar-refractivity contribution in [2.24, 2.45) is 5.92 Å². The lowest BCUT2D eigenvalue weighted by Gasteiger charge is -2.35. The lowest BCUT2D eigenvalue weighted by atomic mass is 9.96. The van der Waals surface area contributed by atoms with Crippen LogP contribution in [-0.4, -0.2) is 36.5 Å². The second kappa shape index (κ2) is 8.89. The van der Waals surface area contributed by atoms with Gasteiger partial charge in [0.15, 0.2) is 0 Å². The van der Waals surface area contributed by atoms with Crippen molar-refractivity contribution in [3.63, 3.8) is 0 Å². The molecule has 1 saturated heterocycles. The maximum Gasteiger partial charge on any atom is 0.416 e. The maximum absolute atomic E-state index is 12.6. The quantitative estimate of drug-likeness (QED) is 0.803. The fourth-order valence-corrected chi connectivity index (χ4v) is 3.33. The number of halogens is 3. The van der Waals surface area contributed by atoms with Crippen LogP contribution >= 0.6 is 0 Å². The van der Waals surface area contributed by atoms with Gasteiger partial charge in [0.25, 0.3) is 0 Å². The number of nitrogens with zero attached hydrogens (tertiary/aromatic N) is 1. The van der Waals surface area contributed by atoms with Crippen molar-refractivity contribution in [1.29, 1.82) is 0 Å². The van der Waals surface area contributed by atoms with Gasteiger partial charge in [-0.15, -0.1) is 0 Å². The van der Waals surface area contributed by atoms with Gasteiger partial charge < -0.3 is 5.32 Å². The standard InChI is InChI=1S/C20H29F3N2O/c1-14-8-10-25(11-9-14)16(3)13-24-19(26)12-15(2)17-4-6-18(7-5-17)20(21,22)23/h4-7,14-16H,8-13H2,1-3H3,(H,24,26)/t15-,16-/m1/s1. The average molecular weight is 370 g/mol. The number of likely N-dealkylation sites (tertiary alicyclic amines) is 1. The van der Waals surface area contributed by atoms with E-state index in [0.717, 1.165) is 36.7 Å². The van der Waals surface area contributed by atoms with Gasteiger partial charge in [0.05, 0.1) is 5.56 Å². The summed E-state index contributed by atoms with van der Waals surface area (Å²) in [7, 11) is 0. The van der Waals surface area contributed by atoms with Crippen LogP contribution in [0.4, 0.5) is 13.2 Å². The molecule has 6 heteroatoms. The van der Waals surface area contributed by atoms with Crippen molar-refractivity contribution in [2.75, 3.05) is 19.6 Å². The highest BCUT2D eigenvalue weighted by atomic mass is 19.4. The summed E-state index contributed by atoms with van der Waals surface area (Å²) in [5, 5.41) is 2.97. The van der Waals surface area contributed by atoms with Crippen LogP contribution in [0.2, 0.25) is 0 Å². The molecule has 1 heterocycles. The van der Waals surface area contributed by atoms with Crippen LogP contribution in [0.15, 0.2) is 24.3 Å². The third-order valence-electron chi connectivity index (χ3n) is 5.33. The SMILES string of the molecule is CC1CCN([C@H](C)CNC(=O)C[C@@H](C)c2ccc(C(F)(F)F)cc2)CC1. The van der Waals surface area contributed by atoms with E-state index in [9.17, 15) is 18.0 Å². The van der Waals surface area contributed by atoms with Gasteiger partial charge in [0.2, 0.25) is 5.91 Å². The molecule has 2 atom stereocenters. The highest BCUT2D eigenvalue weighted by Gasteiger charge is 2.30. The monoisotopic (exact) mass is 370 g/mol. The molecule has 1 N–H and O–H groups in total. The predicted octanol–water partition coefficient (Wildman–Crippen LogP) is 4.44. The number of piperidine rings is 1. The van der Waals surface area contributed by atoms with Crippen molar-refractivity contribution in [1.82, 2.24) is 10.2 Å². The van der Waals surface area contributed by atoms with E-state index in [4.69, 9.17) is 0 Å². The molecule has 0 aromatic heterocycles. The second-order valence-corrected chi connectivity index (χ2v) is 7.60. The Labute approximate surface area is 154 Å². The van der Waals surface area contributed by atoms with Crippen molar-refractivity contribution >= 4 is 5.91 Å². The van der Waals surface area contributed by atoms with E-state index in [1.54, 1.807) is 0 Å². The van der Waals surface area contributed by atoms with E-state index in [1.165, 1.54) is 25.0 Å². The minimum atomic E-state index is -4.33. The number of carbonyl (C=O) groups is 1. The Hall–Kier alpha value is -1.56. The maximum atomic E-state index is 12.6. The van der Waals surface area contributed by atoms with Gasteiger partial charge >= 0.3 is 6.18 Å². The lowest BCUT2D eigenvalue weighted by molar-refractivity contribution is -0.137. The predicted molar refractivity (Wildman–Crippen MR) is 96.9 cm³/mol. The largest absolute Gasteiger partial charge is 0.416 e. The Kier molecular flexibility index (Phi) is 7.09. The zero-order valence-electron chi connectivity index (χ0n) is 15.8. The summed E-state index contributed by atoms with van der Waals surface area (Å²) in [5.74, 6) is 0.593. The first-order valence-corrected chi connectivity index (χ1v) is 9.34. The van der Waals surface area contributed by atoms with Gasteiger partial charge in [0, 0.05) is 19.0 Å². The molecule has 0 saturated carbocycles. The highest BCUT2D eigenvalue weighted by molar-refractivity contribution is 5.76. The summed E-state index contributed by atoms with van der Waals surface area (Å²) in [5.41, 5.74) is 0.0776. The molecule has 1 fully saturated rings. The highest BCUT2D eigenvalue weighted by Crippen LogP contribution is 2.30. The van der Waals surface area contributed by atoms with Gasteiger partial charge in [-0.05, 0) is 62.4 Å². The molecule has 2 rings (SSSR count). The third kappa shape index (κ3) is 6.01. The van der Waals surface area contributed by atoms with E-state index < -0.39 is 11.7 Å². The molecule has 1 aliphatic heterocycles. The van der Waals surface area contributed by atoms with Crippen LogP contribution in [0.1, 0.15) is 57.1 Å². The Morgan fingerprint density at radius 1 is 1.19 bits per heavy atom. The number of carbonyl (C=O) groups excluding carboxylic acids is 1. The van der Waals surface area contributed by atoms with Crippen molar-refractivity contribution in [2.45, 2.75) is 58.2 Å². The topological polar surface area (TPSA) is 32.3 Å².